The molecule has 0 aliphatic rings. The van der Waals surface area contributed by atoms with Crippen LogP contribution in [-0.2, 0) is 0 Å². The first-order valence-electron chi connectivity index (χ1n) is 2.42. The molecule has 0 aromatic heterocycles. The average molecular weight is 185 g/mol. The minimum Gasteiger partial charge on any atom is -0.122 e. The Morgan fingerprint density at radius 2 is 2.00 bits per heavy atom. The molecule has 0 unspecified atom stereocenters. The van der Waals surface area contributed by atoms with E-state index in [9.17, 15) is 0 Å². The van der Waals surface area contributed by atoms with E-state index < -0.39 is 0 Å². The zero-order valence-corrected chi connectivity index (χ0v) is 7.26. The number of rotatable bonds is 2. The summed E-state index contributed by atoms with van der Waals surface area (Å²) < 4.78 is 0.258. The normalized spacial score (nSPS) is 11.3. The van der Waals surface area contributed by atoms with E-state index >= 15 is 0 Å². The van der Waals surface area contributed by atoms with Crippen LogP contribution in [0.25, 0.3) is 0 Å². The van der Waals surface area contributed by atoms with Crippen LogP contribution >= 0.6 is 34.8 Å². The van der Waals surface area contributed by atoms with Gasteiger partial charge in [0.15, 0.2) is 0 Å². The van der Waals surface area contributed by atoms with Gasteiger partial charge in [-0.1, -0.05) is 34.9 Å². The molecule has 52 valence electrons. The molecule has 0 aromatic carbocycles. The molecule has 0 bridgehead atoms. The molecule has 0 aliphatic heterocycles. The number of hydrogen-bond donors (Lipinski definition) is 0. The van der Waals surface area contributed by atoms with Crippen molar-refractivity contribution in [2.75, 3.05) is 5.88 Å². The van der Waals surface area contributed by atoms with E-state index in [4.69, 9.17) is 34.8 Å². The third-order valence-electron chi connectivity index (χ3n) is 0.736. The van der Waals surface area contributed by atoms with Crippen molar-refractivity contribution in [1.29, 1.82) is 0 Å². The summed E-state index contributed by atoms with van der Waals surface area (Å²) in [5.41, 5.74) is 0.977. The minimum atomic E-state index is 0.258. The number of alkyl halides is 1. The second kappa shape index (κ2) is 5.16. The Kier molecular flexibility index (Phi) is 5.36. The second-order valence-electron chi connectivity index (χ2n) is 1.54. The van der Waals surface area contributed by atoms with E-state index in [0.717, 1.165) is 5.57 Å². The molecule has 0 fully saturated rings. The van der Waals surface area contributed by atoms with Gasteiger partial charge < -0.3 is 0 Å². The molecule has 0 N–H and O–H groups in total. The third-order valence-corrected chi connectivity index (χ3v) is 1.11. The number of allylic oxidation sites excluding steroid dienone is 3. The highest BCUT2D eigenvalue weighted by molar-refractivity contribution is 6.56. The molecule has 9 heavy (non-hydrogen) atoms. The maximum Gasteiger partial charge on any atom is 0.107 e. The van der Waals surface area contributed by atoms with E-state index in [-0.39, 0.29) is 4.49 Å². The van der Waals surface area contributed by atoms with Gasteiger partial charge in [-0.25, -0.2) is 0 Å². The van der Waals surface area contributed by atoms with Crippen molar-refractivity contribution in [3.63, 3.8) is 0 Å². The Morgan fingerprint density at radius 1 is 1.44 bits per heavy atom. The molecule has 0 rings (SSSR count). The fraction of sp³-hybridized carbons (Fsp3) is 0.333. The third kappa shape index (κ3) is 6.23. The van der Waals surface area contributed by atoms with Gasteiger partial charge in [0.2, 0.25) is 0 Å². The lowest BCUT2D eigenvalue weighted by molar-refractivity contribution is 1.48. The quantitative estimate of drug-likeness (QED) is 0.456. The number of halogens is 3. The standard InChI is InChI=1S/C6H7Cl3/c1-5(2-3-7)4-6(8)9/h2,4H,3H2,1H3/b5-2+. The topological polar surface area (TPSA) is 0 Å². The molecule has 0 aliphatic carbocycles. The van der Waals surface area contributed by atoms with Crippen LogP contribution in [0.5, 0.6) is 0 Å². The molecule has 0 atom stereocenters. The summed E-state index contributed by atoms with van der Waals surface area (Å²) in [5, 5.41) is 0. The molecule has 0 saturated carbocycles. The lowest BCUT2D eigenvalue weighted by Gasteiger charge is -1.87. The van der Waals surface area contributed by atoms with Gasteiger partial charge in [-0.3, -0.25) is 0 Å². The largest absolute Gasteiger partial charge is 0.122 e. The molecule has 0 amide bonds. The zero-order valence-electron chi connectivity index (χ0n) is 5.00. The van der Waals surface area contributed by atoms with Gasteiger partial charge in [0.25, 0.3) is 0 Å². The maximum absolute atomic E-state index is 5.39. The minimum absolute atomic E-state index is 0.258. The van der Waals surface area contributed by atoms with Crippen LogP contribution in [0, 0.1) is 0 Å². The summed E-state index contributed by atoms with van der Waals surface area (Å²) in [6.45, 7) is 1.88. The van der Waals surface area contributed by atoms with Crippen molar-refractivity contribution in [3.05, 3.63) is 22.2 Å². The van der Waals surface area contributed by atoms with Crippen molar-refractivity contribution < 1.29 is 0 Å². The van der Waals surface area contributed by atoms with Crippen molar-refractivity contribution in [1.82, 2.24) is 0 Å². The highest BCUT2D eigenvalue weighted by Crippen LogP contribution is 2.10. The van der Waals surface area contributed by atoms with Gasteiger partial charge in [0, 0.05) is 5.88 Å². The molecule has 3 heteroatoms. The van der Waals surface area contributed by atoms with Crippen LogP contribution in [0.4, 0.5) is 0 Å². The van der Waals surface area contributed by atoms with Gasteiger partial charge in [-0.05, 0) is 13.0 Å². The smallest absolute Gasteiger partial charge is 0.107 e. The fourth-order valence-electron chi connectivity index (χ4n) is 0.353. The van der Waals surface area contributed by atoms with Crippen LogP contribution in [0.1, 0.15) is 6.92 Å². The van der Waals surface area contributed by atoms with E-state index in [2.05, 4.69) is 0 Å². The van der Waals surface area contributed by atoms with Gasteiger partial charge in [0.1, 0.15) is 4.49 Å². The van der Waals surface area contributed by atoms with Gasteiger partial charge in [-0.15, -0.1) is 11.6 Å². The molecular formula is C6H7Cl3. The van der Waals surface area contributed by atoms with Crippen LogP contribution < -0.4 is 0 Å². The average Bonchev–Trinajstić information content (AvgIpc) is 1.63. The monoisotopic (exact) mass is 184 g/mol. The molecule has 0 heterocycles. The Morgan fingerprint density at radius 3 is 2.33 bits per heavy atom. The summed E-state index contributed by atoms with van der Waals surface area (Å²) in [7, 11) is 0. The van der Waals surface area contributed by atoms with Crippen molar-refractivity contribution >= 4 is 34.8 Å². The Labute approximate surface area is 70.1 Å². The lowest BCUT2D eigenvalue weighted by Crippen LogP contribution is -1.69. The van der Waals surface area contributed by atoms with E-state index in [1.54, 1.807) is 6.08 Å². The summed E-state index contributed by atoms with van der Waals surface area (Å²) in [6.07, 6.45) is 3.47. The summed E-state index contributed by atoms with van der Waals surface area (Å²) in [6, 6.07) is 0. The van der Waals surface area contributed by atoms with E-state index in [1.165, 1.54) is 0 Å². The van der Waals surface area contributed by atoms with Gasteiger partial charge >= 0.3 is 0 Å². The Hall–Kier alpha value is 0.350. The SMILES string of the molecule is C/C(C=C(Cl)Cl)=C\CCl. The van der Waals surface area contributed by atoms with Crippen LogP contribution in [0.15, 0.2) is 22.2 Å². The first-order valence-corrected chi connectivity index (χ1v) is 3.71. The Bertz CT molecular complexity index is 131. The van der Waals surface area contributed by atoms with Gasteiger partial charge in [0.05, 0.1) is 0 Å². The number of hydrogen-bond acceptors (Lipinski definition) is 0. The summed E-state index contributed by atoms with van der Waals surface area (Å²) in [5.74, 6) is 0.489. The van der Waals surface area contributed by atoms with Crippen molar-refractivity contribution in [2.45, 2.75) is 6.92 Å². The Balaban J connectivity index is 3.90. The molecule has 0 nitrogen and oxygen atoms in total. The van der Waals surface area contributed by atoms with Gasteiger partial charge in [-0.2, -0.15) is 0 Å². The first kappa shape index (κ1) is 9.35. The maximum atomic E-state index is 5.39. The van der Waals surface area contributed by atoms with Crippen molar-refractivity contribution in [3.8, 4) is 0 Å². The van der Waals surface area contributed by atoms with E-state index in [0.29, 0.717) is 5.88 Å². The second-order valence-corrected chi connectivity index (χ2v) is 2.85. The van der Waals surface area contributed by atoms with Crippen LogP contribution in [-0.4, -0.2) is 5.88 Å². The molecule has 0 saturated heterocycles. The van der Waals surface area contributed by atoms with E-state index in [1.807, 2.05) is 13.0 Å². The zero-order chi connectivity index (χ0) is 7.28. The molecule has 0 aromatic rings. The van der Waals surface area contributed by atoms with Crippen LogP contribution in [0.2, 0.25) is 0 Å². The summed E-state index contributed by atoms with van der Waals surface area (Å²) >= 11 is 16.1. The highest BCUT2D eigenvalue weighted by atomic mass is 35.5. The highest BCUT2D eigenvalue weighted by Gasteiger charge is 1.83. The lowest BCUT2D eigenvalue weighted by atomic mass is 10.3. The fourth-order valence-corrected chi connectivity index (χ4v) is 0.940. The molecule has 0 spiro atoms. The molecule has 0 radical (unpaired) electrons. The first-order chi connectivity index (χ1) is 4.16. The molecular weight excluding hydrogens is 178 g/mol. The van der Waals surface area contributed by atoms with Crippen LogP contribution in [0.3, 0.4) is 0 Å². The van der Waals surface area contributed by atoms with Crippen molar-refractivity contribution in [2.24, 2.45) is 0 Å². The predicted molar refractivity (Wildman–Crippen MR) is 44.3 cm³/mol. The predicted octanol–water partition coefficient (Wildman–Crippen LogP) is 3.49. The summed E-state index contributed by atoms with van der Waals surface area (Å²) in [4.78, 5) is 0.